The lowest BCUT2D eigenvalue weighted by Gasteiger charge is -2.19. The monoisotopic (exact) mass is 341 g/mol. The molecule has 0 saturated heterocycles. The van der Waals surface area contributed by atoms with E-state index in [1.54, 1.807) is 0 Å². The molecule has 1 unspecified atom stereocenters. The average Bonchev–Trinajstić information content (AvgIpc) is 3.23. The van der Waals surface area contributed by atoms with Crippen LogP contribution >= 0.6 is 15.9 Å². The van der Waals surface area contributed by atoms with Crippen molar-refractivity contribution in [3.63, 3.8) is 0 Å². The van der Waals surface area contributed by atoms with Crippen molar-refractivity contribution >= 4 is 21.7 Å². The number of anilines is 1. The lowest BCUT2D eigenvalue weighted by molar-refractivity contribution is 0.0399. The number of nitrogens with one attached hydrogen (secondary N) is 1. The van der Waals surface area contributed by atoms with Crippen LogP contribution in [0, 0.1) is 5.92 Å². The quantitative estimate of drug-likeness (QED) is 0.803. The maximum atomic E-state index is 5.89. The Morgan fingerprint density at radius 3 is 2.50 bits per heavy atom. The van der Waals surface area contributed by atoms with Gasteiger partial charge >= 0.3 is 0 Å². The molecule has 1 aliphatic rings. The molecular weight excluding hydrogens is 318 g/mol. The summed E-state index contributed by atoms with van der Waals surface area (Å²) in [4.78, 5) is 9.46. The second-order valence-electron chi connectivity index (χ2n) is 5.53. The molecule has 1 N–H and O–H groups in total. The molecule has 1 fully saturated rings. The van der Waals surface area contributed by atoms with Gasteiger partial charge in [0.05, 0.1) is 10.2 Å². The summed E-state index contributed by atoms with van der Waals surface area (Å²) in [6, 6.07) is 0. The van der Waals surface area contributed by atoms with Crippen LogP contribution in [0.2, 0.25) is 0 Å². The van der Waals surface area contributed by atoms with Crippen molar-refractivity contribution in [1.29, 1.82) is 0 Å². The minimum Gasteiger partial charge on any atom is -0.370 e. The third-order valence-corrected chi connectivity index (χ3v) is 4.22. The fourth-order valence-electron chi connectivity index (χ4n) is 2.28. The molecule has 0 spiro atoms. The Kier molecular flexibility index (Phi) is 5.38. The number of aromatic nitrogens is 2. The Labute approximate surface area is 129 Å². The molecule has 1 aromatic rings. The number of rotatable bonds is 7. The standard InChI is InChI=1S/C15H24BrN3O/c1-5-17-14-11(16)12(9(3)4)18-15(19-14)13(20-6-2)10-7-8-10/h9-10,13H,5-8H2,1-4H3,(H,17,18,19). The van der Waals surface area contributed by atoms with E-state index < -0.39 is 0 Å². The lowest BCUT2D eigenvalue weighted by atomic mass is 10.1. The van der Waals surface area contributed by atoms with Gasteiger partial charge in [-0.05, 0) is 54.5 Å². The Hall–Kier alpha value is -0.680. The van der Waals surface area contributed by atoms with Gasteiger partial charge in [0.25, 0.3) is 0 Å². The molecule has 0 aromatic carbocycles. The fourth-order valence-corrected chi connectivity index (χ4v) is 3.05. The predicted octanol–water partition coefficient (Wildman–Crippen LogP) is 4.28. The van der Waals surface area contributed by atoms with Crippen LogP contribution in [0.4, 0.5) is 5.82 Å². The molecule has 1 aliphatic carbocycles. The van der Waals surface area contributed by atoms with Crippen LogP contribution in [0.5, 0.6) is 0 Å². The van der Waals surface area contributed by atoms with Crippen LogP contribution in [0.3, 0.4) is 0 Å². The highest BCUT2D eigenvalue weighted by atomic mass is 79.9. The first-order valence-corrected chi connectivity index (χ1v) is 8.30. The molecule has 0 bridgehead atoms. The van der Waals surface area contributed by atoms with Gasteiger partial charge in [-0.2, -0.15) is 0 Å². The first kappa shape index (κ1) is 15.7. The highest BCUT2D eigenvalue weighted by Gasteiger charge is 2.35. The second-order valence-corrected chi connectivity index (χ2v) is 6.32. The van der Waals surface area contributed by atoms with Gasteiger partial charge in [0.1, 0.15) is 11.9 Å². The zero-order valence-corrected chi connectivity index (χ0v) is 14.3. The van der Waals surface area contributed by atoms with Gasteiger partial charge < -0.3 is 10.1 Å². The van der Waals surface area contributed by atoms with Crippen molar-refractivity contribution in [1.82, 2.24) is 9.97 Å². The molecule has 4 nitrogen and oxygen atoms in total. The summed E-state index contributed by atoms with van der Waals surface area (Å²) in [5.41, 5.74) is 1.05. The molecule has 20 heavy (non-hydrogen) atoms. The minimum absolute atomic E-state index is 0.0445. The van der Waals surface area contributed by atoms with Crippen molar-refractivity contribution in [3.8, 4) is 0 Å². The number of hydrogen-bond acceptors (Lipinski definition) is 4. The van der Waals surface area contributed by atoms with Crippen molar-refractivity contribution in [2.45, 2.75) is 52.6 Å². The summed E-state index contributed by atoms with van der Waals surface area (Å²) < 4.78 is 6.87. The largest absolute Gasteiger partial charge is 0.370 e. The van der Waals surface area contributed by atoms with Crippen molar-refractivity contribution in [2.24, 2.45) is 5.92 Å². The molecule has 0 aliphatic heterocycles. The van der Waals surface area contributed by atoms with Crippen LogP contribution < -0.4 is 5.32 Å². The summed E-state index contributed by atoms with van der Waals surface area (Å²) in [5.74, 6) is 2.65. The summed E-state index contributed by atoms with van der Waals surface area (Å²) >= 11 is 3.63. The van der Waals surface area contributed by atoms with Crippen LogP contribution in [0.15, 0.2) is 4.47 Å². The topological polar surface area (TPSA) is 47.0 Å². The Morgan fingerprint density at radius 2 is 2.00 bits per heavy atom. The Balaban J connectivity index is 2.40. The zero-order chi connectivity index (χ0) is 14.7. The minimum atomic E-state index is 0.0445. The van der Waals surface area contributed by atoms with Crippen molar-refractivity contribution < 1.29 is 4.74 Å². The number of nitrogens with zero attached hydrogens (tertiary/aromatic N) is 2. The van der Waals surface area contributed by atoms with Gasteiger partial charge in [0, 0.05) is 13.2 Å². The molecule has 1 aromatic heterocycles. The third-order valence-electron chi connectivity index (χ3n) is 3.44. The molecule has 1 saturated carbocycles. The van der Waals surface area contributed by atoms with Crippen molar-refractivity contribution in [3.05, 3.63) is 16.0 Å². The van der Waals surface area contributed by atoms with Gasteiger partial charge in [-0.1, -0.05) is 13.8 Å². The second kappa shape index (κ2) is 6.85. The molecular formula is C15H24BrN3O. The molecule has 5 heteroatoms. The van der Waals surface area contributed by atoms with E-state index in [9.17, 15) is 0 Å². The molecule has 0 amide bonds. The van der Waals surface area contributed by atoms with Gasteiger partial charge in [0.2, 0.25) is 0 Å². The van der Waals surface area contributed by atoms with E-state index >= 15 is 0 Å². The highest BCUT2D eigenvalue weighted by Crippen LogP contribution is 2.43. The van der Waals surface area contributed by atoms with E-state index in [0.717, 1.165) is 28.4 Å². The van der Waals surface area contributed by atoms with Crippen LogP contribution in [-0.4, -0.2) is 23.1 Å². The summed E-state index contributed by atoms with van der Waals surface area (Å²) in [7, 11) is 0. The van der Waals surface area contributed by atoms with Crippen LogP contribution in [-0.2, 0) is 4.74 Å². The Bertz CT molecular complexity index is 461. The predicted molar refractivity (Wildman–Crippen MR) is 85.1 cm³/mol. The first-order valence-electron chi connectivity index (χ1n) is 7.51. The van der Waals surface area contributed by atoms with Gasteiger partial charge in [0.15, 0.2) is 5.82 Å². The molecule has 2 rings (SSSR count). The van der Waals surface area contributed by atoms with E-state index in [0.29, 0.717) is 18.4 Å². The molecule has 112 valence electrons. The van der Waals surface area contributed by atoms with E-state index in [2.05, 4.69) is 42.0 Å². The maximum Gasteiger partial charge on any atom is 0.160 e. The normalized spacial score (nSPS) is 16.5. The molecule has 1 heterocycles. The first-order chi connectivity index (χ1) is 9.58. The highest BCUT2D eigenvalue weighted by molar-refractivity contribution is 9.10. The molecule has 0 radical (unpaired) electrons. The van der Waals surface area contributed by atoms with E-state index in [-0.39, 0.29) is 6.10 Å². The number of ether oxygens (including phenoxy) is 1. The number of halogens is 1. The van der Waals surface area contributed by atoms with E-state index in [1.807, 2.05) is 6.92 Å². The summed E-state index contributed by atoms with van der Waals surface area (Å²) in [6.45, 7) is 9.95. The molecule has 1 atom stereocenters. The van der Waals surface area contributed by atoms with Gasteiger partial charge in [-0.15, -0.1) is 0 Å². The van der Waals surface area contributed by atoms with Gasteiger partial charge in [-0.25, -0.2) is 9.97 Å². The number of hydrogen-bond donors (Lipinski definition) is 1. The van der Waals surface area contributed by atoms with E-state index in [1.165, 1.54) is 12.8 Å². The van der Waals surface area contributed by atoms with Crippen LogP contribution in [0.1, 0.15) is 64.1 Å². The Morgan fingerprint density at radius 1 is 1.30 bits per heavy atom. The SMILES string of the molecule is CCNc1nc(C(OCC)C2CC2)nc(C(C)C)c1Br. The zero-order valence-electron chi connectivity index (χ0n) is 12.7. The summed E-state index contributed by atoms with van der Waals surface area (Å²) in [6.07, 6.45) is 2.48. The van der Waals surface area contributed by atoms with Crippen LogP contribution in [0.25, 0.3) is 0 Å². The smallest absolute Gasteiger partial charge is 0.160 e. The van der Waals surface area contributed by atoms with Gasteiger partial charge in [-0.3, -0.25) is 0 Å². The summed E-state index contributed by atoms with van der Waals surface area (Å²) in [5, 5.41) is 3.31. The maximum absolute atomic E-state index is 5.89. The third kappa shape index (κ3) is 3.50. The average molecular weight is 342 g/mol. The lowest BCUT2D eigenvalue weighted by Crippen LogP contribution is -2.15. The van der Waals surface area contributed by atoms with Crippen molar-refractivity contribution in [2.75, 3.05) is 18.5 Å². The fraction of sp³-hybridized carbons (Fsp3) is 0.733. The van der Waals surface area contributed by atoms with E-state index in [4.69, 9.17) is 14.7 Å².